The van der Waals surface area contributed by atoms with Crippen molar-refractivity contribution in [3.8, 4) is 6.07 Å². The molecule has 0 fully saturated rings. The molecular formula is C10H13ClN4. The highest BCUT2D eigenvalue weighted by atomic mass is 35.5. The molecular weight excluding hydrogens is 212 g/mol. The molecule has 0 bridgehead atoms. The van der Waals surface area contributed by atoms with Gasteiger partial charge in [-0.2, -0.15) is 5.26 Å². The molecule has 4 nitrogen and oxygen atoms in total. The van der Waals surface area contributed by atoms with Crippen LogP contribution in [-0.2, 0) is 0 Å². The number of hydrogen-bond acceptors (Lipinski definition) is 4. The van der Waals surface area contributed by atoms with E-state index in [-0.39, 0.29) is 5.54 Å². The van der Waals surface area contributed by atoms with Crippen molar-refractivity contribution >= 4 is 17.4 Å². The minimum atomic E-state index is -0.334. The lowest BCUT2D eigenvalue weighted by Gasteiger charge is -2.19. The first-order valence-electron chi connectivity index (χ1n) is 4.51. The van der Waals surface area contributed by atoms with Crippen LogP contribution in [0.4, 0.5) is 5.82 Å². The number of nitrogens with zero attached hydrogens (tertiary/aromatic N) is 2. The summed E-state index contributed by atoms with van der Waals surface area (Å²) in [5.41, 5.74) is 5.91. The Bertz CT molecular complexity index is 389. The summed E-state index contributed by atoms with van der Waals surface area (Å²) in [7, 11) is 0. The second kappa shape index (κ2) is 4.47. The molecule has 0 saturated heterocycles. The number of halogens is 1. The second-order valence-corrected chi connectivity index (χ2v) is 4.42. The lowest BCUT2D eigenvalue weighted by Crippen LogP contribution is -2.39. The van der Waals surface area contributed by atoms with Crippen molar-refractivity contribution in [1.29, 1.82) is 5.26 Å². The first-order chi connectivity index (χ1) is 6.92. The van der Waals surface area contributed by atoms with Crippen LogP contribution in [0.15, 0.2) is 12.3 Å². The van der Waals surface area contributed by atoms with Gasteiger partial charge in [0.25, 0.3) is 0 Å². The summed E-state index contributed by atoms with van der Waals surface area (Å²) in [5, 5.41) is 12.1. The van der Waals surface area contributed by atoms with Crippen LogP contribution in [0.1, 0.15) is 19.4 Å². The number of anilines is 1. The van der Waals surface area contributed by atoms with Gasteiger partial charge in [-0.1, -0.05) is 11.6 Å². The molecule has 5 heteroatoms. The van der Waals surface area contributed by atoms with E-state index in [0.717, 1.165) is 0 Å². The van der Waals surface area contributed by atoms with Gasteiger partial charge in [0, 0.05) is 18.3 Å². The Morgan fingerprint density at radius 2 is 2.33 bits per heavy atom. The van der Waals surface area contributed by atoms with Crippen LogP contribution in [0.5, 0.6) is 0 Å². The van der Waals surface area contributed by atoms with Crippen molar-refractivity contribution < 1.29 is 0 Å². The van der Waals surface area contributed by atoms with Crippen molar-refractivity contribution in [2.45, 2.75) is 19.4 Å². The van der Waals surface area contributed by atoms with E-state index >= 15 is 0 Å². The molecule has 0 atom stereocenters. The van der Waals surface area contributed by atoms with Crippen LogP contribution >= 0.6 is 11.6 Å². The Kier molecular flexibility index (Phi) is 3.51. The fourth-order valence-corrected chi connectivity index (χ4v) is 1.17. The van der Waals surface area contributed by atoms with Crippen LogP contribution in [0, 0.1) is 11.3 Å². The Morgan fingerprint density at radius 1 is 1.67 bits per heavy atom. The average molecular weight is 225 g/mol. The first-order valence-corrected chi connectivity index (χ1v) is 4.88. The predicted molar refractivity (Wildman–Crippen MR) is 60.7 cm³/mol. The standard InChI is InChI=1S/C10H13ClN4/c1-10(2,13)6-15-9-8(11)3-7(4-12)5-14-9/h3,5H,6,13H2,1-2H3,(H,14,15). The summed E-state index contributed by atoms with van der Waals surface area (Å²) in [6.45, 7) is 4.36. The third-order valence-corrected chi connectivity index (χ3v) is 1.97. The summed E-state index contributed by atoms with van der Waals surface area (Å²) >= 11 is 5.92. The van der Waals surface area contributed by atoms with Crippen molar-refractivity contribution in [2.24, 2.45) is 5.73 Å². The smallest absolute Gasteiger partial charge is 0.144 e. The lowest BCUT2D eigenvalue weighted by molar-refractivity contribution is 0.548. The minimum Gasteiger partial charge on any atom is -0.367 e. The van der Waals surface area contributed by atoms with Gasteiger partial charge >= 0.3 is 0 Å². The normalized spacial score (nSPS) is 10.9. The number of hydrogen-bond donors (Lipinski definition) is 2. The third kappa shape index (κ3) is 3.74. The Balaban J connectivity index is 2.76. The maximum absolute atomic E-state index is 8.62. The SMILES string of the molecule is CC(C)(N)CNc1ncc(C#N)cc1Cl. The van der Waals surface area contributed by atoms with Gasteiger partial charge in [-0.15, -0.1) is 0 Å². The molecule has 0 amide bonds. The van der Waals surface area contributed by atoms with Crippen LogP contribution in [0.25, 0.3) is 0 Å². The van der Waals surface area contributed by atoms with Crippen molar-refractivity contribution in [1.82, 2.24) is 4.98 Å². The monoisotopic (exact) mass is 224 g/mol. The van der Waals surface area contributed by atoms with Crippen LogP contribution < -0.4 is 11.1 Å². The number of nitriles is 1. The summed E-state index contributed by atoms with van der Waals surface area (Å²) < 4.78 is 0. The highest BCUT2D eigenvalue weighted by Crippen LogP contribution is 2.19. The van der Waals surface area contributed by atoms with E-state index in [0.29, 0.717) is 22.9 Å². The lowest BCUT2D eigenvalue weighted by atomic mass is 10.1. The fourth-order valence-electron chi connectivity index (χ4n) is 0.941. The van der Waals surface area contributed by atoms with Gasteiger partial charge in [0.05, 0.1) is 10.6 Å². The van der Waals surface area contributed by atoms with Gasteiger partial charge in [-0.05, 0) is 19.9 Å². The highest BCUT2D eigenvalue weighted by Gasteiger charge is 2.11. The molecule has 80 valence electrons. The molecule has 0 aromatic carbocycles. The third-order valence-electron chi connectivity index (χ3n) is 1.68. The Hall–Kier alpha value is -1.31. The molecule has 1 aromatic rings. The number of nitrogens with two attached hydrogens (primary N) is 1. The quantitative estimate of drug-likeness (QED) is 0.821. The first kappa shape index (κ1) is 11.8. The number of pyridine rings is 1. The zero-order valence-corrected chi connectivity index (χ0v) is 9.47. The molecule has 0 spiro atoms. The summed E-state index contributed by atoms with van der Waals surface area (Å²) in [4.78, 5) is 4.03. The molecule has 1 rings (SSSR count). The molecule has 0 aliphatic heterocycles. The van der Waals surface area contributed by atoms with Crippen molar-refractivity contribution in [2.75, 3.05) is 11.9 Å². The molecule has 0 aliphatic rings. The molecule has 3 N–H and O–H groups in total. The minimum absolute atomic E-state index is 0.334. The number of nitrogens with one attached hydrogen (secondary N) is 1. The Morgan fingerprint density at radius 3 is 2.80 bits per heavy atom. The van der Waals surface area contributed by atoms with Gasteiger partial charge in [0.1, 0.15) is 11.9 Å². The molecule has 0 unspecified atom stereocenters. The van der Waals surface area contributed by atoms with Gasteiger partial charge < -0.3 is 11.1 Å². The molecule has 1 aromatic heterocycles. The van der Waals surface area contributed by atoms with Gasteiger partial charge in [0.2, 0.25) is 0 Å². The van der Waals surface area contributed by atoms with Crippen LogP contribution in [-0.4, -0.2) is 17.1 Å². The zero-order valence-electron chi connectivity index (χ0n) is 8.71. The molecule has 0 radical (unpaired) electrons. The maximum atomic E-state index is 8.62. The summed E-state index contributed by atoms with van der Waals surface area (Å²) in [5.74, 6) is 0.550. The van der Waals surface area contributed by atoms with Gasteiger partial charge in [-0.25, -0.2) is 4.98 Å². The second-order valence-electron chi connectivity index (χ2n) is 4.01. The number of rotatable bonds is 3. The van der Waals surface area contributed by atoms with E-state index in [1.165, 1.54) is 6.20 Å². The summed E-state index contributed by atoms with van der Waals surface area (Å²) in [6, 6.07) is 3.54. The number of aromatic nitrogens is 1. The van der Waals surface area contributed by atoms with Crippen molar-refractivity contribution in [3.63, 3.8) is 0 Å². The van der Waals surface area contributed by atoms with Crippen LogP contribution in [0.2, 0.25) is 5.02 Å². The molecule has 15 heavy (non-hydrogen) atoms. The maximum Gasteiger partial charge on any atom is 0.144 e. The predicted octanol–water partition coefficient (Wildman–Crippen LogP) is 1.76. The van der Waals surface area contributed by atoms with E-state index in [2.05, 4.69) is 10.3 Å². The van der Waals surface area contributed by atoms with E-state index in [9.17, 15) is 0 Å². The van der Waals surface area contributed by atoms with E-state index in [1.54, 1.807) is 6.07 Å². The van der Waals surface area contributed by atoms with E-state index in [4.69, 9.17) is 22.6 Å². The van der Waals surface area contributed by atoms with Gasteiger partial charge in [-0.3, -0.25) is 0 Å². The van der Waals surface area contributed by atoms with E-state index in [1.807, 2.05) is 19.9 Å². The fraction of sp³-hybridized carbons (Fsp3) is 0.400. The van der Waals surface area contributed by atoms with Gasteiger partial charge in [0.15, 0.2) is 0 Å². The molecule has 0 aliphatic carbocycles. The highest BCUT2D eigenvalue weighted by molar-refractivity contribution is 6.33. The molecule has 0 saturated carbocycles. The largest absolute Gasteiger partial charge is 0.367 e. The summed E-state index contributed by atoms with van der Waals surface area (Å²) in [6.07, 6.45) is 1.47. The van der Waals surface area contributed by atoms with Crippen LogP contribution in [0.3, 0.4) is 0 Å². The zero-order chi connectivity index (χ0) is 11.5. The Labute approximate surface area is 94.1 Å². The van der Waals surface area contributed by atoms with E-state index < -0.39 is 0 Å². The van der Waals surface area contributed by atoms with Crippen molar-refractivity contribution in [3.05, 3.63) is 22.8 Å². The average Bonchev–Trinajstić information content (AvgIpc) is 2.14. The molecule has 1 heterocycles. The topological polar surface area (TPSA) is 74.7 Å².